The molecule has 0 aliphatic rings. The highest BCUT2D eigenvalue weighted by Gasteiger charge is 2.19. The maximum absolute atomic E-state index is 12.9. The molecule has 4 nitrogen and oxygen atoms in total. The van der Waals surface area contributed by atoms with E-state index < -0.39 is 0 Å². The molecule has 0 saturated heterocycles. The minimum atomic E-state index is -0.292. The first kappa shape index (κ1) is 18.7. The number of rotatable bonds is 4. The molecule has 0 bridgehead atoms. The van der Waals surface area contributed by atoms with E-state index in [-0.39, 0.29) is 5.91 Å². The highest BCUT2D eigenvalue weighted by atomic mass is 79.9. The number of halogens is 2. The van der Waals surface area contributed by atoms with Crippen molar-refractivity contribution in [3.05, 3.63) is 93.0 Å². The first-order chi connectivity index (χ1) is 13.6. The third-order valence-electron chi connectivity index (χ3n) is 4.30. The van der Waals surface area contributed by atoms with Gasteiger partial charge in [0.15, 0.2) is 0 Å². The van der Waals surface area contributed by atoms with Gasteiger partial charge in [-0.1, -0.05) is 74.3 Å². The zero-order valence-corrected chi connectivity index (χ0v) is 17.8. The number of fused-ring (bicyclic) bond motifs is 1. The number of hydrogen-bond donors (Lipinski definition) is 2. The zero-order valence-electron chi connectivity index (χ0n) is 14.6. The molecular formula is C22H15Br2N3O. The van der Waals surface area contributed by atoms with Crippen LogP contribution >= 0.6 is 31.9 Å². The van der Waals surface area contributed by atoms with Crippen LogP contribution in [0.2, 0.25) is 0 Å². The number of amides is 1. The Kier molecular flexibility index (Phi) is 5.41. The van der Waals surface area contributed by atoms with Crippen LogP contribution in [0.15, 0.2) is 86.8 Å². The summed E-state index contributed by atoms with van der Waals surface area (Å²) in [5.41, 5.74) is 6.71. The molecule has 138 valence electrons. The van der Waals surface area contributed by atoms with E-state index in [4.69, 9.17) is 0 Å². The average Bonchev–Trinajstić information content (AvgIpc) is 3.09. The predicted molar refractivity (Wildman–Crippen MR) is 121 cm³/mol. The number of aromatic nitrogens is 1. The van der Waals surface area contributed by atoms with Crippen LogP contribution in [0, 0.1) is 0 Å². The van der Waals surface area contributed by atoms with Crippen LogP contribution in [0.4, 0.5) is 0 Å². The van der Waals surface area contributed by atoms with Gasteiger partial charge in [0.1, 0.15) is 5.69 Å². The van der Waals surface area contributed by atoms with Gasteiger partial charge in [-0.15, -0.1) is 0 Å². The largest absolute Gasteiger partial charge is 0.350 e. The summed E-state index contributed by atoms with van der Waals surface area (Å²) in [6.07, 6.45) is 1.62. The fourth-order valence-electron chi connectivity index (χ4n) is 3.01. The number of benzene rings is 3. The average molecular weight is 497 g/mol. The predicted octanol–water partition coefficient (Wildman–Crippen LogP) is 6.12. The van der Waals surface area contributed by atoms with Gasteiger partial charge >= 0.3 is 0 Å². The molecule has 4 aromatic rings. The van der Waals surface area contributed by atoms with Gasteiger partial charge < -0.3 is 4.98 Å². The van der Waals surface area contributed by atoms with Crippen LogP contribution in [-0.2, 0) is 0 Å². The van der Waals surface area contributed by atoms with E-state index in [2.05, 4.69) is 47.4 Å². The van der Waals surface area contributed by atoms with Gasteiger partial charge in [-0.05, 0) is 41.5 Å². The van der Waals surface area contributed by atoms with Crippen molar-refractivity contribution in [3.63, 3.8) is 0 Å². The monoisotopic (exact) mass is 495 g/mol. The van der Waals surface area contributed by atoms with Crippen LogP contribution in [0.1, 0.15) is 16.1 Å². The molecular weight excluding hydrogens is 482 g/mol. The molecule has 0 fully saturated rings. The maximum atomic E-state index is 12.9. The molecule has 1 aromatic heterocycles. The number of carbonyl (C=O) groups is 1. The van der Waals surface area contributed by atoms with Gasteiger partial charge in [-0.2, -0.15) is 5.10 Å². The fraction of sp³-hybridized carbons (Fsp3) is 0. The number of hydrazone groups is 1. The van der Waals surface area contributed by atoms with Crippen LogP contribution in [0.5, 0.6) is 0 Å². The molecule has 3 aromatic carbocycles. The van der Waals surface area contributed by atoms with Crippen molar-refractivity contribution < 1.29 is 4.79 Å². The Morgan fingerprint density at radius 1 is 0.929 bits per heavy atom. The molecule has 6 heteroatoms. The number of nitrogens with zero attached hydrogens (tertiary/aromatic N) is 1. The molecule has 0 unspecified atom stereocenters. The van der Waals surface area contributed by atoms with E-state index in [1.165, 1.54) is 0 Å². The summed E-state index contributed by atoms with van der Waals surface area (Å²) < 4.78 is 1.95. The summed E-state index contributed by atoms with van der Waals surface area (Å²) in [4.78, 5) is 16.1. The van der Waals surface area contributed by atoms with Crippen LogP contribution in [-0.4, -0.2) is 17.1 Å². The summed E-state index contributed by atoms with van der Waals surface area (Å²) in [6, 6.07) is 23.4. The van der Waals surface area contributed by atoms with Gasteiger partial charge in [-0.3, -0.25) is 4.79 Å². The summed E-state index contributed by atoms with van der Waals surface area (Å²) in [6.45, 7) is 0. The highest BCUT2D eigenvalue weighted by Crippen LogP contribution is 2.34. The van der Waals surface area contributed by atoms with E-state index in [9.17, 15) is 4.79 Å². The van der Waals surface area contributed by atoms with Crippen molar-refractivity contribution in [1.29, 1.82) is 0 Å². The molecule has 0 radical (unpaired) electrons. The number of carbonyl (C=O) groups excluding carboxylic acids is 1. The Hall–Kier alpha value is -2.70. The van der Waals surface area contributed by atoms with Gasteiger partial charge in [0.2, 0.25) is 0 Å². The Morgan fingerprint density at radius 2 is 1.64 bits per heavy atom. The lowest BCUT2D eigenvalue weighted by atomic mass is 10.0. The number of aromatic amines is 1. The Labute approximate surface area is 178 Å². The summed E-state index contributed by atoms with van der Waals surface area (Å²) in [7, 11) is 0. The van der Waals surface area contributed by atoms with Gasteiger partial charge in [-0.25, -0.2) is 5.43 Å². The van der Waals surface area contributed by atoms with Gasteiger partial charge in [0.25, 0.3) is 5.91 Å². The second kappa shape index (κ2) is 8.12. The third kappa shape index (κ3) is 3.93. The molecule has 0 atom stereocenters. The minimum absolute atomic E-state index is 0.292. The summed E-state index contributed by atoms with van der Waals surface area (Å²) >= 11 is 6.91. The molecule has 0 aliphatic heterocycles. The third-order valence-corrected chi connectivity index (χ3v) is 5.32. The molecule has 0 spiro atoms. The van der Waals surface area contributed by atoms with Crippen LogP contribution < -0.4 is 5.43 Å². The summed E-state index contributed by atoms with van der Waals surface area (Å²) in [5, 5.41) is 5.08. The number of nitrogens with one attached hydrogen (secondary N) is 2. The SMILES string of the molecule is O=C(N/N=C\c1ccc(Br)cc1)c1[nH]c2ccc(Br)cc2c1-c1ccccc1. The minimum Gasteiger partial charge on any atom is -0.350 e. The molecule has 1 amide bonds. The van der Waals surface area contributed by atoms with Crippen molar-refractivity contribution in [2.45, 2.75) is 0 Å². The quantitative estimate of drug-likeness (QED) is 0.259. The topological polar surface area (TPSA) is 57.2 Å². The molecule has 1 heterocycles. The van der Waals surface area contributed by atoms with Crippen molar-refractivity contribution >= 4 is 54.9 Å². The standard InChI is InChI=1S/C22H15Br2N3O/c23-16-8-6-14(7-9-16)13-25-27-22(28)21-20(15-4-2-1-3-5-15)18-12-17(24)10-11-19(18)26-21/h1-13,26H,(H,27,28)/b25-13-. The zero-order chi connectivity index (χ0) is 19.5. The fourth-order valence-corrected chi connectivity index (χ4v) is 3.63. The molecule has 0 saturated carbocycles. The lowest BCUT2D eigenvalue weighted by Crippen LogP contribution is -2.18. The van der Waals surface area contributed by atoms with Crippen LogP contribution in [0.25, 0.3) is 22.0 Å². The van der Waals surface area contributed by atoms with E-state index in [1.807, 2.05) is 72.8 Å². The van der Waals surface area contributed by atoms with E-state index >= 15 is 0 Å². The van der Waals surface area contributed by atoms with Crippen LogP contribution in [0.3, 0.4) is 0 Å². The highest BCUT2D eigenvalue weighted by molar-refractivity contribution is 9.10. The Morgan fingerprint density at radius 3 is 2.39 bits per heavy atom. The molecule has 4 rings (SSSR count). The van der Waals surface area contributed by atoms with E-state index in [0.29, 0.717) is 5.69 Å². The lowest BCUT2D eigenvalue weighted by molar-refractivity contribution is 0.0951. The van der Waals surface area contributed by atoms with Gasteiger partial charge in [0, 0.05) is 25.4 Å². The van der Waals surface area contributed by atoms with E-state index in [0.717, 1.165) is 36.5 Å². The Bertz CT molecular complexity index is 1170. The van der Waals surface area contributed by atoms with Gasteiger partial charge in [0.05, 0.1) is 6.21 Å². The maximum Gasteiger partial charge on any atom is 0.288 e. The molecule has 28 heavy (non-hydrogen) atoms. The van der Waals surface area contributed by atoms with Crippen molar-refractivity contribution in [1.82, 2.24) is 10.4 Å². The van der Waals surface area contributed by atoms with Crippen molar-refractivity contribution in [2.75, 3.05) is 0 Å². The second-order valence-electron chi connectivity index (χ2n) is 6.18. The van der Waals surface area contributed by atoms with E-state index in [1.54, 1.807) is 6.21 Å². The summed E-state index contributed by atoms with van der Waals surface area (Å²) in [5.74, 6) is -0.292. The first-order valence-electron chi connectivity index (χ1n) is 8.57. The smallest absolute Gasteiger partial charge is 0.288 e. The first-order valence-corrected chi connectivity index (χ1v) is 10.2. The molecule has 2 N–H and O–H groups in total. The number of hydrogen-bond acceptors (Lipinski definition) is 2. The number of H-pyrrole nitrogens is 1. The second-order valence-corrected chi connectivity index (χ2v) is 8.01. The van der Waals surface area contributed by atoms with Crippen molar-refractivity contribution in [2.24, 2.45) is 5.10 Å². The lowest BCUT2D eigenvalue weighted by Gasteiger charge is -2.04. The normalized spacial score (nSPS) is 11.2. The molecule has 0 aliphatic carbocycles. The van der Waals surface area contributed by atoms with Crippen molar-refractivity contribution in [3.8, 4) is 11.1 Å². The Balaban J connectivity index is 1.69.